The summed E-state index contributed by atoms with van der Waals surface area (Å²) in [6, 6.07) is 14.3. The zero-order valence-electron chi connectivity index (χ0n) is 16.8. The lowest BCUT2D eigenvalue weighted by atomic mass is 10.1. The maximum absolute atomic E-state index is 12.5. The number of benzene rings is 2. The second-order valence-electron chi connectivity index (χ2n) is 6.58. The zero-order chi connectivity index (χ0) is 20.7. The fraction of sp³-hybridized carbons (Fsp3) is 0.318. The Morgan fingerprint density at radius 3 is 2.25 bits per heavy atom. The molecule has 0 saturated heterocycles. The van der Waals surface area contributed by atoms with E-state index in [2.05, 4.69) is 5.32 Å². The summed E-state index contributed by atoms with van der Waals surface area (Å²) in [7, 11) is -3.48. The van der Waals surface area contributed by atoms with E-state index in [4.69, 9.17) is 0 Å². The normalized spacial score (nSPS) is 13.0. The van der Waals surface area contributed by atoms with Crippen molar-refractivity contribution in [3.05, 3.63) is 71.3 Å². The number of hydrogen-bond donors (Lipinski definition) is 1. The molecule has 0 aliphatic heterocycles. The van der Waals surface area contributed by atoms with Crippen LogP contribution in [0.15, 0.2) is 59.5 Å². The van der Waals surface area contributed by atoms with Gasteiger partial charge in [-0.2, -0.15) is 4.31 Å². The van der Waals surface area contributed by atoms with E-state index in [-0.39, 0.29) is 16.8 Å². The smallest absolute Gasteiger partial charge is 0.244 e. The van der Waals surface area contributed by atoms with Crippen molar-refractivity contribution in [1.82, 2.24) is 9.62 Å². The van der Waals surface area contributed by atoms with Crippen LogP contribution >= 0.6 is 0 Å². The molecule has 28 heavy (non-hydrogen) atoms. The van der Waals surface area contributed by atoms with Gasteiger partial charge in [0.25, 0.3) is 0 Å². The van der Waals surface area contributed by atoms with Gasteiger partial charge in [-0.3, -0.25) is 4.79 Å². The van der Waals surface area contributed by atoms with Gasteiger partial charge in [-0.25, -0.2) is 8.42 Å². The van der Waals surface area contributed by atoms with Crippen molar-refractivity contribution in [3.8, 4) is 0 Å². The largest absolute Gasteiger partial charge is 0.346 e. The minimum Gasteiger partial charge on any atom is -0.346 e. The molecule has 1 N–H and O–H groups in total. The zero-order valence-corrected chi connectivity index (χ0v) is 17.7. The van der Waals surface area contributed by atoms with Crippen LogP contribution in [0.5, 0.6) is 0 Å². The molecule has 0 fully saturated rings. The van der Waals surface area contributed by atoms with Crippen molar-refractivity contribution in [2.24, 2.45) is 0 Å². The molecule has 0 aliphatic carbocycles. The lowest BCUT2D eigenvalue weighted by molar-refractivity contribution is -0.117. The molecule has 6 heteroatoms. The van der Waals surface area contributed by atoms with E-state index in [1.807, 2.05) is 52.0 Å². The molecule has 1 amide bonds. The molecular formula is C22H28N2O3S. The van der Waals surface area contributed by atoms with E-state index in [9.17, 15) is 13.2 Å². The summed E-state index contributed by atoms with van der Waals surface area (Å²) in [6.07, 6.45) is 3.30. The summed E-state index contributed by atoms with van der Waals surface area (Å²) in [5, 5.41) is 2.90. The standard InChI is InChI=1S/C22H28N2O3S/c1-5-24(6-2)28(26,27)21-14-11-20(12-15-21)18(4)23-22(25)16-13-19-10-8-7-9-17(19)3/h7-16,18H,5-6H2,1-4H3,(H,23,25)/b16-13+/t18-/m0/s1. The molecule has 2 rings (SSSR count). The minimum atomic E-state index is -3.48. The highest BCUT2D eigenvalue weighted by molar-refractivity contribution is 7.89. The number of sulfonamides is 1. The van der Waals surface area contributed by atoms with Crippen molar-refractivity contribution < 1.29 is 13.2 Å². The van der Waals surface area contributed by atoms with E-state index >= 15 is 0 Å². The van der Waals surface area contributed by atoms with Crippen LogP contribution in [0.1, 0.15) is 43.5 Å². The second-order valence-corrected chi connectivity index (χ2v) is 8.52. The Kier molecular flexibility index (Phi) is 7.54. The molecule has 0 aliphatic rings. The fourth-order valence-corrected chi connectivity index (χ4v) is 4.38. The highest BCUT2D eigenvalue weighted by Gasteiger charge is 2.21. The molecule has 150 valence electrons. The van der Waals surface area contributed by atoms with Gasteiger partial charge in [0.2, 0.25) is 15.9 Å². The number of aryl methyl sites for hydroxylation is 1. The van der Waals surface area contributed by atoms with Gasteiger partial charge in [-0.1, -0.05) is 50.2 Å². The summed E-state index contributed by atoms with van der Waals surface area (Å²) < 4.78 is 26.5. The molecule has 5 nitrogen and oxygen atoms in total. The van der Waals surface area contributed by atoms with Crippen molar-refractivity contribution in [3.63, 3.8) is 0 Å². The Labute approximate surface area is 168 Å². The van der Waals surface area contributed by atoms with Crippen LogP contribution in [0.4, 0.5) is 0 Å². The van der Waals surface area contributed by atoms with E-state index in [1.54, 1.807) is 30.3 Å². The highest BCUT2D eigenvalue weighted by atomic mass is 32.2. The maximum atomic E-state index is 12.5. The summed E-state index contributed by atoms with van der Waals surface area (Å²) >= 11 is 0. The average Bonchev–Trinajstić information content (AvgIpc) is 2.68. The van der Waals surface area contributed by atoms with Gasteiger partial charge in [0.05, 0.1) is 10.9 Å². The van der Waals surface area contributed by atoms with Crippen molar-refractivity contribution in [1.29, 1.82) is 0 Å². The van der Waals surface area contributed by atoms with Crippen molar-refractivity contribution in [2.45, 2.75) is 38.6 Å². The van der Waals surface area contributed by atoms with E-state index < -0.39 is 10.0 Å². The van der Waals surface area contributed by atoms with Gasteiger partial charge in [-0.15, -0.1) is 0 Å². The highest BCUT2D eigenvalue weighted by Crippen LogP contribution is 2.19. The molecule has 0 heterocycles. The first-order chi connectivity index (χ1) is 13.3. The molecule has 0 bridgehead atoms. The minimum absolute atomic E-state index is 0.199. The molecule has 0 unspecified atom stereocenters. The fourth-order valence-electron chi connectivity index (χ4n) is 2.93. The Morgan fingerprint density at radius 1 is 1.07 bits per heavy atom. The lowest BCUT2D eigenvalue weighted by Crippen LogP contribution is -2.30. The SMILES string of the molecule is CCN(CC)S(=O)(=O)c1ccc([C@H](C)NC(=O)/C=C/c2ccccc2C)cc1. The molecule has 0 aromatic heterocycles. The number of amides is 1. The first kappa shape index (κ1) is 21.9. The summed E-state index contributed by atoms with van der Waals surface area (Å²) in [4.78, 5) is 12.5. The van der Waals surface area contributed by atoms with Crippen LogP contribution in [-0.4, -0.2) is 31.7 Å². The average molecular weight is 401 g/mol. The molecule has 2 aromatic carbocycles. The van der Waals surface area contributed by atoms with Gasteiger partial charge in [0.1, 0.15) is 0 Å². The third-order valence-corrected chi connectivity index (χ3v) is 6.75. The van der Waals surface area contributed by atoms with Crippen LogP contribution in [-0.2, 0) is 14.8 Å². The van der Waals surface area contributed by atoms with Crippen LogP contribution < -0.4 is 5.32 Å². The quantitative estimate of drug-likeness (QED) is 0.683. The molecule has 0 spiro atoms. The van der Waals surface area contributed by atoms with Crippen molar-refractivity contribution in [2.75, 3.05) is 13.1 Å². The monoisotopic (exact) mass is 400 g/mol. The van der Waals surface area contributed by atoms with Crippen LogP contribution in [0.3, 0.4) is 0 Å². The number of rotatable bonds is 8. The first-order valence-corrected chi connectivity index (χ1v) is 10.9. The number of nitrogens with zero attached hydrogens (tertiary/aromatic N) is 1. The Bertz CT molecular complexity index is 931. The Hall–Kier alpha value is -2.44. The molecule has 0 radical (unpaired) electrons. The van der Waals surface area contributed by atoms with Gasteiger partial charge < -0.3 is 5.32 Å². The van der Waals surface area contributed by atoms with E-state index in [0.29, 0.717) is 13.1 Å². The second kappa shape index (κ2) is 9.66. The molecule has 2 aromatic rings. The van der Waals surface area contributed by atoms with Crippen molar-refractivity contribution >= 4 is 22.0 Å². The summed E-state index contributed by atoms with van der Waals surface area (Å²) in [5.74, 6) is -0.199. The predicted molar refractivity (Wildman–Crippen MR) is 113 cm³/mol. The molecular weight excluding hydrogens is 372 g/mol. The molecule has 1 atom stereocenters. The van der Waals surface area contributed by atoms with E-state index in [1.165, 1.54) is 10.4 Å². The predicted octanol–water partition coefficient (Wildman–Crippen LogP) is 3.92. The third kappa shape index (κ3) is 5.30. The van der Waals surface area contributed by atoms with Crippen LogP contribution in [0.25, 0.3) is 6.08 Å². The summed E-state index contributed by atoms with van der Waals surface area (Å²) in [6.45, 7) is 8.36. The third-order valence-electron chi connectivity index (χ3n) is 4.68. The number of nitrogens with one attached hydrogen (secondary N) is 1. The lowest BCUT2D eigenvalue weighted by Gasteiger charge is -2.19. The van der Waals surface area contributed by atoms with Gasteiger partial charge in [-0.05, 0) is 48.7 Å². The number of carbonyl (C=O) groups excluding carboxylic acids is 1. The Balaban J connectivity index is 2.06. The topological polar surface area (TPSA) is 66.5 Å². The van der Waals surface area contributed by atoms with Gasteiger partial charge in [0, 0.05) is 19.2 Å². The van der Waals surface area contributed by atoms with Gasteiger partial charge >= 0.3 is 0 Å². The number of carbonyl (C=O) groups is 1. The van der Waals surface area contributed by atoms with Gasteiger partial charge in [0.15, 0.2) is 0 Å². The van der Waals surface area contributed by atoms with E-state index in [0.717, 1.165) is 16.7 Å². The summed E-state index contributed by atoms with van der Waals surface area (Å²) in [5.41, 5.74) is 2.94. The van der Waals surface area contributed by atoms with Crippen LogP contribution in [0.2, 0.25) is 0 Å². The van der Waals surface area contributed by atoms with Crippen LogP contribution in [0, 0.1) is 6.92 Å². The maximum Gasteiger partial charge on any atom is 0.244 e. The molecule has 0 saturated carbocycles. The Morgan fingerprint density at radius 2 is 1.68 bits per heavy atom. The first-order valence-electron chi connectivity index (χ1n) is 9.43. The number of hydrogen-bond acceptors (Lipinski definition) is 3.